The molecule has 1 aliphatic carbocycles. The van der Waals surface area contributed by atoms with Gasteiger partial charge in [0.25, 0.3) is 6.43 Å². The summed E-state index contributed by atoms with van der Waals surface area (Å²) in [5, 5.41) is 11.3. The van der Waals surface area contributed by atoms with Gasteiger partial charge in [0.2, 0.25) is 11.9 Å². The molecule has 0 radical (unpaired) electrons. The van der Waals surface area contributed by atoms with Crippen LogP contribution in [0.3, 0.4) is 0 Å². The van der Waals surface area contributed by atoms with Crippen LogP contribution in [0.2, 0.25) is 0 Å². The number of pyridine rings is 1. The van der Waals surface area contributed by atoms with E-state index in [2.05, 4.69) is 46.6 Å². The Labute approximate surface area is 206 Å². The van der Waals surface area contributed by atoms with Crippen LogP contribution in [0.4, 0.5) is 19.1 Å². The molecule has 2 N–H and O–H groups in total. The van der Waals surface area contributed by atoms with Crippen LogP contribution < -0.4 is 10.6 Å². The van der Waals surface area contributed by atoms with Crippen molar-refractivity contribution in [1.82, 2.24) is 30.0 Å². The molecule has 0 spiro atoms. The number of alkyl halides is 2. The number of halogens is 4. The molecule has 1 unspecified atom stereocenters. The Kier molecular flexibility index (Phi) is 6.07. The number of carbonyl (C=O) groups is 1. The maximum Gasteiger partial charge on any atom is 0.255 e. The van der Waals surface area contributed by atoms with E-state index in [9.17, 15) is 18.0 Å². The van der Waals surface area contributed by atoms with E-state index >= 15 is 0 Å². The largest absolute Gasteiger partial charge is 0.351 e. The summed E-state index contributed by atoms with van der Waals surface area (Å²) in [6.07, 6.45) is 2.22. The molecule has 182 valence electrons. The number of amides is 1. The van der Waals surface area contributed by atoms with Crippen LogP contribution in [0.5, 0.6) is 0 Å². The fourth-order valence-corrected chi connectivity index (χ4v) is 4.95. The standard InChI is InChI=1S/C23H21BrF3N7O/c1-23(21(35)29-11-17(26)27)5-4-13(9-23)31-22-30-10-15-19(24)33-34(20(15)32-22)14-7-12-3-2-6-28-18(12)16(25)8-14/h2-3,6-8,10,13,17H,4-5,9,11H2,1H3,(H,29,35)(H,30,31,32)/t13-,23?/m1/s1. The molecule has 1 amide bonds. The minimum Gasteiger partial charge on any atom is -0.351 e. The van der Waals surface area contributed by atoms with Crippen LogP contribution in [-0.2, 0) is 4.79 Å². The van der Waals surface area contributed by atoms with Crippen LogP contribution >= 0.6 is 15.9 Å². The number of hydrogen-bond donors (Lipinski definition) is 2. The van der Waals surface area contributed by atoms with Crippen molar-refractivity contribution in [2.75, 3.05) is 11.9 Å². The molecule has 3 heterocycles. The molecule has 8 nitrogen and oxygen atoms in total. The van der Waals surface area contributed by atoms with Gasteiger partial charge in [-0.05, 0) is 47.3 Å². The third kappa shape index (κ3) is 4.54. The topological polar surface area (TPSA) is 97.6 Å². The summed E-state index contributed by atoms with van der Waals surface area (Å²) in [6.45, 7) is 1.12. The molecule has 12 heteroatoms. The lowest BCUT2D eigenvalue weighted by Crippen LogP contribution is -2.40. The first-order chi connectivity index (χ1) is 16.7. The fourth-order valence-electron chi connectivity index (χ4n) is 4.51. The monoisotopic (exact) mass is 547 g/mol. The Morgan fingerprint density at radius 3 is 2.97 bits per heavy atom. The number of hydrogen-bond acceptors (Lipinski definition) is 6. The van der Waals surface area contributed by atoms with Gasteiger partial charge in [-0.15, -0.1) is 0 Å². The molecular formula is C23H21BrF3N7O. The van der Waals surface area contributed by atoms with E-state index in [1.807, 2.05) is 0 Å². The van der Waals surface area contributed by atoms with E-state index in [1.165, 1.54) is 16.9 Å². The fraction of sp³-hybridized carbons (Fsp3) is 0.348. The molecule has 3 aromatic heterocycles. The Morgan fingerprint density at radius 1 is 1.34 bits per heavy atom. The van der Waals surface area contributed by atoms with Gasteiger partial charge in [0.05, 0.1) is 17.6 Å². The van der Waals surface area contributed by atoms with E-state index in [0.29, 0.717) is 51.9 Å². The summed E-state index contributed by atoms with van der Waals surface area (Å²) in [5.41, 5.74) is 0.462. The van der Waals surface area contributed by atoms with Gasteiger partial charge >= 0.3 is 0 Å². The zero-order chi connectivity index (χ0) is 24.7. The van der Waals surface area contributed by atoms with Crippen LogP contribution in [0, 0.1) is 11.2 Å². The highest BCUT2D eigenvalue weighted by Crippen LogP contribution is 2.39. The van der Waals surface area contributed by atoms with E-state index in [-0.39, 0.29) is 17.5 Å². The number of nitrogens with one attached hydrogen (secondary N) is 2. The van der Waals surface area contributed by atoms with Crippen molar-refractivity contribution in [2.24, 2.45) is 5.41 Å². The van der Waals surface area contributed by atoms with Gasteiger partial charge in [0.1, 0.15) is 10.1 Å². The zero-order valence-electron chi connectivity index (χ0n) is 18.6. The number of nitrogens with zero attached hydrogens (tertiary/aromatic N) is 5. The van der Waals surface area contributed by atoms with E-state index in [4.69, 9.17) is 0 Å². The second kappa shape index (κ2) is 9.06. The molecule has 4 aromatic rings. The average molecular weight is 548 g/mol. The van der Waals surface area contributed by atoms with E-state index in [0.717, 1.165) is 0 Å². The SMILES string of the molecule is CC1(C(=O)NCC(F)F)CC[C@@H](Nc2ncc3c(Br)nn(-c4cc(F)c5ncccc5c4)c3n2)C1. The summed E-state index contributed by atoms with van der Waals surface area (Å²) >= 11 is 3.42. The molecule has 0 aliphatic heterocycles. The highest BCUT2D eigenvalue weighted by Gasteiger charge is 2.41. The van der Waals surface area contributed by atoms with Crippen molar-refractivity contribution in [3.05, 3.63) is 47.1 Å². The minimum atomic E-state index is -2.59. The quantitative estimate of drug-likeness (QED) is 0.365. The van der Waals surface area contributed by atoms with Crippen molar-refractivity contribution >= 4 is 49.7 Å². The number of aromatic nitrogens is 5. The summed E-state index contributed by atoms with van der Waals surface area (Å²) in [7, 11) is 0. The molecule has 1 saturated carbocycles. The second-order valence-corrected chi connectivity index (χ2v) is 9.63. The van der Waals surface area contributed by atoms with Gasteiger partial charge < -0.3 is 10.6 Å². The molecule has 0 saturated heterocycles. The highest BCUT2D eigenvalue weighted by atomic mass is 79.9. The van der Waals surface area contributed by atoms with Gasteiger partial charge in [-0.25, -0.2) is 22.8 Å². The predicted octanol–water partition coefficient (Wildman–Crippen LogP) is 4.62. The first kappa shape index (κ1) is 23.5. The van der Waals surface area contributed by atoms with Crippen molar-refractivity contribution in [3.8, 4) is 5.69 Å². The lowest BCUT2D eigenvalue weighted by atomic mass is 9.87. The molecule has 2 atom stereocenters. The molecular weight excluding hydrogens is 527 g/mol. The summed E-state index contributed by atoms with van der Waals surface area (Å²) in [5.74, 6) is -0.523. The Bertz CT molecular complexity index is 1430. The summed E-state index contributed by atoms with van der Waals surface area (Å²) < 4.78 is 41.7. The highest BCUT2D eigenvalue weighted by molar-refractivity contribution is 9.10. The third-order valence-corrected chi connectivity index (χ3v) is 6.89. The predicted molar refractivity (Wildman–Crippen MR) is 128 cm³/mol. The number of benzene rings is 1. The van der Waals surface area contributed by atoms with Crippen molar-refractivity contribution < 1.29 is 18.0 Å². The van der Waals surface area contributed by atoms with Gasteiger partial charge in [0.15, 0.2) is 11.5 Å². The van der Waals surface area contributed by atoms with Gasteiger partial charge in [-0.1, -0.05) is 13.0 Å². The molecule has 5 rings (SSSR count). The van der Waals surface area contributed by atoms with Gasteiger partial charge in [0, 0.05) is 35.3 Å². The third-order valence-electron chi connectivity index (χ3n) is 6.31. The summed E-state index contributed by atoms with van der Waals surface area (Å²) in [4.78, 5) is 25.5. The number of anilines is 1. The lowest BCUT2D eigenvalue weighted by Gasteiger charge is -2.23. The molecule has 1 aromatic carbocycles. The smallest absolute Gasteiger partial charge is 0.255 e. The van der Waals surface area contributed by atoms with Crippen LogP contribution in [0.1, 0.15) is 26.2 Å². The Hall–Kier alpha value is -3.28. The maximum absolute atomic E-state index is 14.7. The lowest BCUT2D eigenvalue weighted by molar-refractivity contribution is -0.130. The number of carbonyl (C=O) groups excluding carboxylic acids is 1. The van der Waals surface area contributed by atoms with Crippen molar-refractivity contribution in [1.29, 1.82) is 0 Å². The second-order valence-electron chi connectivity index (χ2n) is 8.88. The average Bonchev–Trinajstić information content (AvgIpc) is 3.37. The molecule has 1 fully saturated rings. The van der Waals surface area contributed by atoms with Gasteiger partial charge in [-0.3, -0.25) is 9.78 Å². The maximum atomic E-state index is 14.7. The molecule has 0 bridgehead atoms. The number of rotatable bonds is 6. The zero-order valence-corrected chi connectivity index (χ0v) is 20.2. The normalized spacial score (nSPS) is 20.1. The van der Waals surface area contributed by atoms with Crippen molar-refractivity contribution in [3.63, 3.8) is 0 Å². The first-order valence-electron chi connectivity index (χ1n) is 11.0. The van der Waals surface area contributed by atoms with Crippen LogP contribution in [0.25, 0.3) is 27.6 Å². The first-order valence-corrected chi connectivity index (χ1v) is 11.8. The minimum absolute atomic E-state index is 0.112. The molecule has 35 heavy (non-hydrogen) atoms. The van der Waals surface area contributed by atoms with Gasteiger partial charge in [-0.2, -0.15) is 10.1 Å². The van der Waals surface area contributed by atoms with E-state index in [1.54, 1.807) is 31.3 Å². The number of fused-ring (bicyclic) bond motifs is 2. The Morgan fingerprint density at radius 2 is 2.17 bits per heavy atom. The van der Waals surface area contributed by atoms with Crippen LogP contribution in [-0.4, -0.2) is 49.7 Å². The van der Waals surface area contributed by atoms with Crippen LogP contribution in [0.15, 0.2) is 41.3 Å². The van der Waals surface area contributed by atoms with E-state index < -0.39 is 24.2 Å². The molecule has 1 aliphatic rings. The van der Waals surface area contributed by atoms with Crippen molar-refractivity contribution in [2.45, 2.75) is 38.7 Å². The summed E-state index contributed by atoms with van der Waals surface area (Å²) in [6, 6.07) is 6.52. The Balaban J connectivity index is 1.41.